The van der Waals surface area contributed by atoms with Gasteiger partial charge in [-0.2, -0.15) is 4.98 Å². The van der Waals surface area contributed by atoms with Crippen molar-refractivity contribution in [2.45, 2.75) is 120 Å². The van der Waals surface area contributed by atoms with E-state index in [0.29, 0.717) is 49.9 Å². The highest BCUT2D eigenvalue weighted by Gasteiger charge is 2.69. The molecule has 9 heteroatoms. The molecule has 2 aromatic heterocycles. The van der Waals surface area contributed by atoms with E-state index in [4.69, 9.17) is 13.9 Å². The van der Waals surface area contributed by atoms with Crippen LogP contribution in [0.1, 0.15) is 121 Å². The van der Waals surface area contributed by atoms with Crippen molar-refractivity contribution in [2.75, 3.05) is 11.4 Å². The number of amides is 1. The molecule has 0 radical (unpaired) electrons. The van der Waals surface area contributed by atoms with Gasteiger partial charge in [-0.15, -0.1) is 10.2 Å². The zero-order chi connectivity index (χ0) is 29.0. The SMILES string of the molecule is CC(C)(C)c1noc(C23CCC(CN(C(=O)CC45CC(F)(C4)C5)c4cccc(-c5nnc(C6CC6)o5)c4)(CC2)CC3)n1. The lowest BCUT2D eigenvalue weighted by Crippen LogP contribution is -2.65. The highest BCUT2D eigenvalue weighted by Crippen LogP contribution is 2.71. The maximum atomic E-state index is 14.4. The number of rotatable bonds is 8. The van der Waals surface area contributed by atoms with Crippen molar-refractivity contribution in [1.29, 1.82) is 0 Å². The Balaban J connectivity index is 1.05. The van der Waals surface area contributed by atoms with Crippen molar-refractivity contribution in [3.8, 4) is 11.5 Å². The zero-order valence-corrected chi connectivity index (χ0v) is 24.9. The van der Waals surface area contributed by atoms with E-state index in [9.17, 15) is 9.18 Å². The first-order valence-electron chi connectivity index (χ1n) is 15.7. The molecule has 0 atom stereocenters. The van der Waals surface area contributed by atoms with Crippen LogP contribution < -0.4 is 4.90 Å². The molecule has 0 unspecified atom stereocenters. The van der Waals surface area contributed by atoms with E-state index in [2.05, 4.69) is 36.1 Å². The van der Waals surface area contributed by atoms with Crippen LogP contribution in [0.25, 0.3) is 11.5 Å². The van der Waals surface area contributed by atoms with Crippen molar-refractivity contribution in [1.82, 2.24) is 20.3 Å². The van der Waals surface area contributed by atoms with Crippen LogP contribution in [-0.4, -0.2) is 38.5 Å². The minimum Gasteiger partial charge on any atom is -0.420 e. The zero-order valence-electron chi connectivity index (χ0n) is 24.9. The Morgan fingerprint density at radius 1 is 1.02 bits per heavy atom. The van der Waals surface area contributed by atoms with Gasteiger partial charge in [0, 0.05) is 41.0 Å². The summed E-state index contributed by atoms with van der Waals surface area (Å²) in [5.74, 6) is 3.24. The predicted molar refractivity (Wildman–Crippen MR) is 154 cm³/mol. The van der Waals surface area contributed by atoms with Gasteiger partial charge in [-0.1, -0.05) is 32.0 Å². The molecule has 0 saturated heterocycles. The minimum absolute atomic E-state index is 0.0324. The number of benzene rings is 1. The molecule has 2 heterocycles. The Kier molecular flexibility index (Phi) is 5.51. The highest BCUT2D eigenvalue weighted by atomic mass is 19.1. The Labute approximate surface area is 245 Å². The summed E-state index contributed by atoms with van der Waals surface area (Å²) in [5.41, 5.74) is 0.335. The number of halogens is 1. The Morgan fingerprint density at radius 2 is 1.74 bits per heavy atom. The van der Waals surface area contributed by atoms with E-state index in [-0.39, 0.29) is 27.6 Å². The molecule has 3 aromatic rings. The number of aromatic nitrogens is 4. The second-order valence-electron chi connectivity index (χ2n) is 15.6. The molecule has 222 valence electrons. The lowest BCUT2D eigenvalue weighted by molar-refractivity contribution is -0.215. The summed E-state index contributed by atoms with van der Waals surface area (Å²) < 4.78 is 26.2. The Bertz CT molecular complexity index is 1500. The third kappa shape index (κ3) is 4.32. The molecular weight excluding hydrogens is 533 g/mol. The van der Waals surface area contributed by atoms with Gasteiger partial charge in [0.1, 0.15) is 5.67 Å². The normalized spacial score (nSPS) is 33.2. The lowest BCUT2D eigenvalue weighted by Gasteiger charge is -2.66. The van der Waals surface area contributed by atoms with Crippen LogP contribution in [0, 0.1) is 10.8 Å². The lowest BCUT2D eigenvalue weighted by atomic mass is 9.41. The molecule has 1 amide bonds. The third-order valence-electron chi connectivity index (χ3n) is 11.1. The first kappa shape index (κ1) is 26.5. The molecular formula is C33H40FN5O3. The van der Waals surface area contributed by atoms with Crippen molar-refractivity contribution in [3.63, 3.8) is 0 Å². The molecule has 1 aromatic carbocycles. The van der Waals surface area contributed by atoms with Gasteiger partial charge in [0.25, 0.3) is 0 Å². The molecule has 0 N–H and O–H groups in total. The molecule has 4 bridgehead atoms. The van der Waals surface area contributed by atoms with Gasteiger partial charge >= 0.3 is 0 Å². The highest BCUT2D eigenvalue weighted by molar-refractivity contribution is 5.94. The number of carbonyl (C=O) groups excluding carboxylic acids is 1. The summed E-state index contributed by atoms with van der Waals surface area (Å²) in [7, 11) is 0. The summed E-state index contributed by atoms with van der Waals surface area (Å²) in [6, 6.07) is 7.96. The van der Waals surface area contributed by atoms with E-state index in [1.165, 1.54) is 0 Å². The van der Waals surface area contributed by atoms with Crippen molar-refractivity contribution >= 4 is 11.6 Å². The van der Waals surface area contributed by atoms with Crippen LogP contribution in [-0.2, 0) is 15.6 Å². The summed E-state index contributed by atoms with van der Waals surface area (Å²) >= 11 is 0. The number of anilines is 1. The molecule has 7 saturated carbocycles. The maximum absolute atomic E-state index is 14.4. The van der Waals surface area contributed by atoms with E-state index in [1.54, 1.807) is 0 Å². The average Bonchev–Trinajstić information content (AvgIpc) is 3.43. The number of fused-ring (bicyclic) bond motifs is 3. The van der Waals surface area contributed by atoms with Crippen molar-refractivity contribution in [3.05, 3.63) is 41.9 Å². The van der Waals surface area contributed by atoms with Gasteiger partial charge in [0.05, 0.1) is 0 Å². The number of alkyl halides is 1. The van der Waals surface area contributed by atoms with Crippen molar-refractivity contribution < 1.29 is 18.1 Å². The minimum atomic E-state index is -1.02. The fraction of sp³-hybridized carbons (Fsp3) is 0.667. The molecule has 7 aliphatic carbocycles. The molecule has 0 spiro atoms. The molecule has 0 aliphatic heterocycles. The third-order valence-corrected chi connectivity index (χ3v) is 11.1. The fourth-order valence-corrected chi connectivity index (χ4v) is 8.34. The van der Waals surface area contributed by atoms with Crippen LogP contribution in [0.3, 0.4) is 0 Å². The van der Waals surface area contributed by atoms with E-state index >= 15 is 0 Å². The van der Waals surface area contributed by atoms with Gasteiger partial charge in [0.15, 0.2) is 5.82 Å². The van der Waals surface area contributed by atoms with Crippen LogP contribution in [0.4, 0.5) is 10.1 Å². The van der Waals surface area contributed by atoms with Crippen LogP contribution >= 0.6 is 0 Å². The standard InChI is InChI=1S/C33H40FN5O3/c1-29(2,3)27-35-28(42-38-27)32-12-9-30(10-13-32,11-14-32)20-39(24(40)16-31-17-33(34,18-31)19-31)23-6-4-5-22(15-23)26-37-36-25(41-26)21-7-8-21/h4-6,15,21H,7-14,16-20H2,1-3H3. The molecule has 42 heavy (non-hydrogen) atoms. The molecule has 7 fully saturated rings. The van der Waals surface area contributed by atoms with Gasteiger partial charge in [-0.3, -0.25) is 4.79 Å². The van der Waals surface area contributed by atoms with Gasteiger partial charge in [-0.05, 0) is 99.7 Å². The smallest absolute Gasteiger partial charge is 0.247 e. The van der Waals surface area contributed by atoms with Crippen LogP contribution in [0.5, 0.6) is 0 Å². The molecule has 10 rings (SSSR count). The van der Waals surface area contributed by atoms with Gasteiger partial charge in [-0.25, -0.2) is 4.39 Å². The summed E-state index contributed by atoms with van der Waals surface area (Å²) in [6.07, 6.45) is 10.2. The van der Waals surface area contributed by atoms with Gasteiger partial charge < -0.3 is 13.8 Å². The second-order valence-corrected chi connectivity index (χ2v) is 15.6. The fourth-order valence-electron chi connectivity index (χ4n) is 8.34. The van der Waals surface area contributed by atoms with E-state index in [1.807, 2.05) is 29.2 Å². The van der Waals surface area contributed by atoms with Gasteiger partial charge in [0.2, 0.25) is 23.6 Å². The Hall–Kier alpha value is -3.10. The van der Waals surface area contributed by atoms with Crippen molar-refractivity contribution in [2.24, 2.45) is 10.8 Å². The first-order chi connectivity index (χ1) is 20.0. The number of hydrogen-bond donors (Lipinski definition) is 0. The number of nitrogens with zero attached hydrogens (tertiary/aromatic N) is 5. The first-order valence-corrected chi connectivity index (χ1v) is 15.7. The quantitative estimate of drug-likeness (QED) is 0.281. The topological polar surface area (TPSA) is 98.2 Å². The summed E-state index contributed by atoms with van der Waals surface area (Å²) in [5, 5.41) is 12.9. The van der Waals surface area contributed by atoms with E-state index < -0.39 is 5.67 Å². The Morgan fingerprint density at radius 3 is 2.36 bits per heavy atom. The second kappa shape index (κ2) is 8.73. The summed E-state index contributed by atoms with van der Waals surface area (Å²) in [4.78, 5) is 20.9. The van der Waals surface area contributed by atoms with E-state index in [0.717, 1.165) is 74.3 Å². The number of carbonyl (C=O) groups is 1. The maximum Gasteiger partial charge on any atom is 0.247 e. The molecule has 7 aliphatic rings. The molecule has 8 nitrogen and oxygen atoms in total. The number of hydrogen-bond acceptors (Lipinski definition) is 7. The average molecular weight is 574 g/mol. The monoisotopic (exact) mass is 573 g/mol. The summed E-state index contributed by atoms with van der Waals surface area (Å²) in [6.45, 7) is 6.99. The largest absolute Gasteiger partial charge is 0.420 e. The predicted octanol–water partition coefficient (Wildman–Crippen LogP) is 7.20. The van der Waals surface area contributed by atoms with Crippen LogP contribution in [0.2, 0.25) is 0 Å². The van der Waals surface area contributed by atoms with Crippen LogP contribution in [0.15, 0.2) is 33.2 Å².